The van der Waals surface area contributed by atoms with Crippen molar-refractivity contribution in [1.82, 2.24) is 14.5 Å². The van der Waals surface area contributed by atoms with Crippen LogP contribution < -0.4 is 5.73 Å². The number of aryl methyl sites for hydroxylation is 3. The topological polar surface area (TPSA) is 56.7 Å². The van der Waals surface area contributed by atoms with Crippen molar-refractivity contribution in [2.45, 2.75) is 46.7 Å². The van der Waals surface area contributed by atoms with E-state index >= 15 is 0 Å². The Hall–Kier alpha value is -2.20. The predicted molar refractivity (Wildman–Crippen MR) is 95.4 cm³/mol. The van der Waals surface area contributed by atoms with Crippen molar-refractivity contribution in [2.24, 2.45) is 5.73 Å². The number of hydrogen-bond acceptors (Lipinski definition) is 3. The zero-order valence-electron chi connectivity index (χ0n) is 14.3. The molecule has 23 heavy (non-hydrogen) atoms. The lowest BCUT2D eigenvalue weighted by atomic mass is 10.1. The van der Waals surface area contributed by atoms with Gasteiger partial charge >= 0.3 is 0 Å². The number of imidazole rings is 1. The number of nitrogens with zero attached hydrogens (tertiary/aromatic N) is 3. The van der Waals surface area contributed by atoms with Crippen molar-refractivity contribution < 1.29 is 0 Å². The summed E-state index contributed by atoms with van der Waals surface area (Å²) in [6.45, 7) is 9.13. The number of rotatable bonds is 4. The van der Waals surface area contributed by atoms with Gasteiger partial charge in [-0.25, -0.2) is 9.97 Å². The van der Waals surface area contributed by atoms with Crippen molar-refractivity contribution >= 4 is 11.2 Å². The van der Waals surface area contributed by atoms with E-state index in [9.17, 15) is 0 Å². The number of aromatic nitrogens is 3. The third kappa shape index (κ3) is 2.99. The van der Waals surface area contributed by atoms with Crippen molar-refractivity contribution in [3.63, 3.8) is 0 Å². The average Bonchev–Trinajstić information content (AvgIpc) is 2.87. The van der Waals surface area contributed by atoms with E-state index in [4.69, 9.17) is 10.7 Å². The fourth-order valence-electron chi connectivity index (χ4n) is 2.75. The molecule has 120 valence electrons. The molecule has 0 saturated heterocycles. The van der Waals surface area contributed by atoms with E-state index in [-0.39, 0.29) is 6.04 Å². The number of benzene rings is 1. The van der Waals surface area contributed by atoms with E-state index in [0.717, 1.165) is 41.1 Å². The number of hydrogen-bond donors (Lipinski definition) is 1. The molecule has 1 aromatic carbocycles. The summed E-state index contributed by atoms with van der Waals surface area (Å²) in [6.07, 6.45) is 2.82. The minimum absolute atomic E-state index is 0.0980. The molecule has 2 heterocycles. The summed E-state index contributed by atoms with van der Waals surface area (Å²) in [5.74, 6) is 0.949. The number of nitrogens with two attached hydrogens (primary N) is 1. The molecule has 0 aliphatic carbocycles. The summed E-state index contributed by atoms with van der Waals surface area (Å²) in [4.78, 5) is 9.45. The van der Waals surface area contributed by atoms with Crippen LogP contribution >= 0.6 is 0 Å². The van der Waals surface area contributed by atoms with Gasteiger partial charge in [0.1, 0.15) is 11.3 Å². The van der Waals surface area contributed by atoms with Crippen LogP contribution in [0, 0.1) is 20.8 Å². The summed E-state index contributed by atoms with van der Waals surface area (Å²) in [5.41, 5.74) is 12.8. The Balaban J connectivity index is 2.21. The Kier molecular flexibility index (Phi) is 4.18. The third-order valence-corrected chi connectivity index (χ3v) is 4.43. The monoisotopic (exact) mass is 308 g/mol. The summed E-state index contributed by atoms with van der Waals surface area (Å²) in [6, 6.07) is 8.65. The maximum Gasteiger partial charge on any atom is 0.160 e. The molecule has 0 amide bonds. The molecule has 0 spiro atoms. The van der Waals surface area contributed by atoms with E-state index in [0.29, 0.717) is 0 Å². The van der Waals surface area contributed by atoms with Gasteiger partial charge in [-0.05, 0) is 56.0 Å². The van der Waals surface area contributed by atoms with Crippen LogP contribution in [0.1, 0.15) is 30.0 Å². The van der Waals surface area contributed by atoms with Crippen LogP contribution in [0.25, 0.3) is 22.6 Å². The lowest BCUT2D eigenvalue weighted by molar-refractivity contribution is 0.549. The number of pyridine rings is 1. The third-order valence-electron chi connectivity index (χ3n) is 4.43. The Morgan fingerprint density at radius 3 is 2.61 bits per heavy atom. The van der Waals surface area contributed by atoms with Gasteiger partial charge < -0.3 is 10.3 Å². The van der Waals surface area contributed by atoms with Crippen molar-refractivity contribution in [1.29, 1.82) is 0 Å². The second-order valence-corrected chi connectivity index (χ2v) is 6.37. The van der Waals surface area contributed by atoms with Gasteiger partial charge in [0, 0.05) is 24.3 Å². The molecule has 0 radical (unpaired) electrons. The van der Waals surface area contributed by atoms with Crippen LogP contribution in [0.5, 0.6) is 0 Å². The molecule has 3 rings (SSSR count). The molecule has 0 saturated carbocycles. The smallest absolute Gasteiger partial charge is 0.160 e. The van der Waals surface area contributed by atoms with Crippen LogP contribution in [-0.4, -0.2) is 20.6 Å². The van der Waals surface area contributed by atoms with E-state index in [2.05, 4.69) is 54.6 Å². The number of fused-ring (bicyclic) bond motifs is 1. The highest BCUT2D eigenvalue weighted by molar-refractivity contribution is 5.78. The zero-order chi connectivity index (χ0) is 16.6. The van der Waals surface area contributed by atoms with Crippen molar-refractivity contribution in [3.05, 3.63) is 47.2 Å². The van der Waals surface area contributed by atoms with Crippen LogP contribution in [0.3, 0.4) is 0 Å². The molecule has 0 aliphatic rings. The van der Waals surface area contributed by atoms with Gasteiger partial charge in [-0.2, -0.15) is 0 Å². The van der Waals surface area contributed by atoms with Crippen molar-refractivity contribution in [3.8, 4) is 11.4 Å². The molecule has 2 aromatic heterocycles. The van der Waals surface area contributed by atoms with Crippen LogP contribution in [0.2, 0.25) is 0 Å². The Morgan fingerprint density at radius 2 is 1.91 bits per heavy atom. The molecule has 0 bridgehead atoms. The first-order chi connectivity index (χ1) is 11.0. The fraction of sp³-hybridized carbons (Fsp3) is 0.368. The van der Waals surface area contributed by atoms with Gasteiger partial charge in [0.05, 0.1) is 0 Å². The van der Waals surface area contributed by atoms with Crippen LogP contribution in [0.4, 0.5) is 0 Å². The van der Waals surface area contributed by atoms with E-state index in [1.54, 1.807) is 0 Å². The highest BCUT2D eigenvalue weighted by atomic mass is 15.1. The average molecular weight is 308 g/mol. The molecular weight excluding hydrogens is 284 g/mol. The van der Waals surface area contributed by atoms with Gasteiger partial charge in [-0.15, -0.1) is 0 Å². The zero-order valence-corrected chi connectivity index (χ0v) is 14.3. The normalized spacial score (nSPS) is 12.7. The molecule has 2 N–H and O–H groups in total. The summed E-state index contributed by atoms with van der Waals surface area (Å²) >= 11 is 0. The molecule has 0 fully saturated rings. The molecule has 1 unspecified atom stereocenters. The molecule has 0 aliphatic heterocycles. The second-order valence-electron chi connectivity index (χ2n) is 6.37. The molecular formula is C19H24N4. The quantitative estimate of drug-likeness (QED) is 0.798. The second kappa shape index (κ2) is 6.13. The van der Waals surface area contributed by atoms with Crippen molar-refractivity contribution in [2.75, 3.05) is 0 Å². The first-order valence-corrected chi connectivity index (χ1v) is 8.15. The first kappa shape index (κ1) is 15.7. The fourth-order valence-corrected chi connectivity index (χ4v) is 2.75. The van der Waals surface area contributed by atoms with Gasteiger partial charge in [-0.3, -0.25) is 0 Å². The standard InChI is InChI=1S/C19H24N4/c1-5-16(20)11-23-18(15-7-6-13(3)14(4)9-15)22-17-8-12(2)10-21-19(17)23/h6-10,16H,5,11,20H2,1-4H3. The molecule has 4 nitrogen and oxygen atoms in total. The maximum atomic E-state index is 6.21. The van der Waals surface area contributed by atoms with E-state index < -0.39 is 0 Å². The van der Waals surface area contributed by atoms with Gasteiger partial charge in [0.15, 0.2) is 5.65 Å². The van der Waals surface area contributed by atoms with Gasteiger partial charge in [0.25, 0.3) is 0 Å². The highest BCUT2D eigenvalue weighted by Crippen LogP contribution is 2.26. The SMILES string of the molecule is CCC(N)Cn1c(-c2ccc(C)c(C)c2)nc2cc(C)cnc21. The molecule has 4 heteroatoms. The Bertz CT molecular complexity index is 848. The summed E-state index contributed by atoms with van der Waals surface area (Å²) < 4.78 is 2.16. The maximum absolute atomic E-state index is 6.21. The largest absolute Gasteiger partial charge is 0.326 e. The lowest BCUT2D eigenvalue weighted by Crippen LogP contribution is -2.25. The van der Waals surface area contributed by atoms with Crippen LogP contribution in [0.15, 0.2) is 30.5 Å². The predicted octanol–water partition coefficient (Wildman–Crippen LogP) is 3.76. The molecule has 3 aromatic rings. The van der Waals surface area contributed by atoms with Gasteiger partial charge in [0.2, 0.25) is 0 Å². The highest BCUT2D eigenvalue weighted by Gasteiger charge is 2.16. The van der Waals surface area contributed by atoms with Gasteiger partial charge in [-0.1, -0.05) is 19.1 Å². The summed E-state index contributed by atoms with van der Waals surface area (Å²) in [5, 5.41) is 0. The Labute approximate surface area is 137 Å². The van der Waals surface area contributed by atoms with E-state index in [1.807, 2.05) is 13.1 Å². The minimum Gasteiger partial charge on any atom is -0.326 e. The Morgan fingerprint density at radius 1 is 1.13 bits per heavy atom. The van der Waals surface area contributed by atoms with E-state index in [1.165, 1.54) is 11.1 Å². The minimum atomic E-state index is 0.0980. The molecule has 1 atom stereocenters. The first-order valence-electron chi connectivity index (χ1n) is 8.15. The summed E-state index contributed by atoms with van der Waals surface area (Å²) in [7, 11) is 0. The lowest BCUT2D eigenvalue weighted by Gasteiger charge is -2.14. The van der Waals surface area contributed by atoms with Crippen LogP contribution in [-0.2, 0) is 6.54 Å².